The fraction of sp³-hybridized carbons (Fsp3) is 0.143. The van der Waals surface area contributed by atoms with Gasteiger partial charge in [-0.05, 0) is 29.8 Å². The Morgan fingerprint density at radius 2 is 1.95 bits per heavy atom. The van der Waals surface area contributed by atoms with Crippen LogP contribution in [-0.2, 0) is 6.54 Å². The van der Waals surface area contributed by atoms with Gasteiger partial charge in [-0.2, -0.15) is 0 Å². The molecule has 0 saturated heterocycles. The molecule has 0 atom stereocenters. The lowest BCUT2D eigenvalue weighted by molar-refractivity contribution is 0.0779. The summed E-state index contributed by atoms with van der Waals surface area (Å²) in [4.78, 5) is 17.2. The largest absolute Gasteiger partial charge is 0.508 e. The molecule has 0 saturated carbocycles. The minimum Gasteiger partial charge on any atom is -0.508 e. The summed E-state index contributed by atoms with van der Waals surface area (Å²) in [5.74, 6) is -0.580. The topological polar surface area (TPSA) is 53.4 Å². The molecule has 4 nitrogen and oxygen atoms in total. The molecule has 2 aromatic rings. The van der Waals surface area contributed by atoms with Gasteiger partial charge in [-0.15, -0.1) is 0 Å². The normalized spacial score (nSPS) is 10.2. The van der Waals surface area contributed by atoms with Crippen LogP contribution in [0.5, 0.6) is 5.75 Å². The van der Waals surface area contributed by atoms with E-state index < -0.39 is 5.82 Å². The Morgan fingerprint density at radius 3 is 2.53 bits per heavy atom. The summed E-state index contributed by atoms with van der Waals surface area (Å²) in [7, 11) is 1.64. The van der Waals surface area contributed by atoms with Crippen molar-refractivity contribution in [3.8, 4) is 5.75 Å². The monoisotopic (exact) mass is 260 g/mol. The summed E-state index contributed by atoms with van der Waals surface area (Å²) in [5.41, 5.74) is 1.08. The minimum absolute atomic E-state index is 0.179. The highest BCUT2D eigenvalue weighted by molar-refractivity contribution is 5.92. The van der Waals surface area contributed by atoms with Crippen molar-refractivity contribution in [2.24, 2.45) is 0 Å². The van der Waals surface area contributed by atoms with Gasteiger partial charge in [0.15, 0.2) is 0 Å². The number of phenolic OH excluding ortho intramolecular Hbond substituents is 1. The first kappa shape index (κ1) is 13.0. The number of aromatic nitrogens is 1. The van der Waals surface area contributed by atoms with Gasteiger partial charge < -0.3 is 10.0 Å². The zero-order valence-corrected chi connectivity index (χ0v) is 10.4. The Bertz CT molecular complexity index is 567. The second kappa shape index (κ2) is 5.48. The van der Waals surface area contributed by atoms with Gasteiger partial charge in [-0.25, -0.2) is 9.37 Å². The molecular weight excluding hydrogens is 247 g/mol. The van der Waals surface area contributed by atoms with Gasteiger partial charge in [0.25, 0.3) is 5.91 Å². The van der Waals surface area contributed by atoms with E-state index in [0.29, 0.717) is 6.54 Å². The van der Waals surface area contributed by atoms with E-state index in [2.05, 4.69) is 4.98 Å². The molecule has 1 amide bonds. The van der Waals surface area contributed by atoms with E-state index in [4.69, 9.17) is 0 Å². The molecule has 0 aliphatic rings. The van der Waals surface area contributed by atoms with E-state index in [-0.39, 0.29) is 17.4 Å². The van der Waals surface area contributed by atoms with Gasteiger partial charge in [-0.3, -0.25) is 4.79 Å². The van der Waals surface area contributed by atoms with Crippen LogP contribution in [0.25, 0.3) is 0 Å². The Balaban J connectivity index is 2.07. The van der Waals surface area contributed by atoms with Crippen LogP contribution in [0.15, 0.2) is 42.6 Å². The van der Waals surface area contributed by atoms with Crippen LogP contribution in [0, 0.1) is 5.82 Å². The zero-order chi connectivity index (χ0) is 13.8. The van der Waals surface area contributed by atoms with E-state index >= 15 is 0 Å². The maximum atomic E-state index is 12.7. The maximum absolute atomic E-state index is 12.7. The van der Waals surface area contributed by atoms with E-state index in [0.717, 1.165) is 11.8 Å². The first-order valence-electron chi connectivity index (χ1n) is 5.71. The van der Waals surface area contributed by atoms with Crippen molar-refractivity contribution in [2.45, 2.75) is 6.54 Å². The van der Waals surface area contributed by atoms with Crippen LogP contribution in [0.2, 0.25) is 0 Å². The van der Waals surface area contributed by atoms with E-state index in [1.54, 1.807) is 31.3 Å². The van der Waals surface area contributed by atoms with E-state index in [1.807, 2.05) is 0 Å². The molecule has 0 unspecified atom stereocenters. The number of amides is 1. The second-order valence-corrected chi connectivity index (χ2v) is 4.19. The van der Waals surface area contributed by atoms with Crippen LogP contribution >= 0.6 is 0 Å². The molecule has 1 aromatic heterocycles. The number of pyridine rings is 1. The predicted molar refractivity (Wildman–Crippen MR) is 68.1 cm³/mol. The molecule has 0 radical (unpaired) electrons. The molecule has 5 heteroatoms. The number of nitrogens with zero attached hydrogens (tertiary/aromatic N) is 2. The summed E-state index contributed by atoms with van der Waals surface area (Å²) in [6, 6.07) is 9.14. The zero-order valence-electron chi connectivity index (χ0n) is 10.4. The fourth-order valence-electron chi connectivity index (χ4n) is 1.64. The minimum atomic E-state index is -0.474. The van der Waals surface area contributed by atoms with E-state index in [9.17, 15) is 14.3 Å². The second-order valence-electron chi connectivity index (χ2n) is 4.19. The van der Waals surface area contributed by atoms with Crippen LogP contribution in [0.4, 0.5) is 4.39 Å². The van der Waals surface area contributed by atoms with Gasteiger partial charge in [0.05, 0.1) is 6.20 Å². The average Bonchev–Trinajstić information content (AvgIpc) is 2.41. The molecule has 1 N–H and O–H groups in total. The van der Waals surface area contributed by atoms with E-state index in [1.165, 1.54) is 17.0 Å². The quantitative estimate of drug-likeness (QED) is 0.920. The molecule has 1 aromatic carbocycles. The summed E-state index contributed by atoms with van der Waals surface area (Å²) >= 11 is 0. The lowest BCUT2D eigenvalue weighted by Crippen LogP contribution is -2.26. The SMILES string of the molecule is CN(Cc1ccc(O)cc1)C(=O)c1ccc(F)cn1. The van der Waals surface area contributed by atoms with Crippen molar-refractivity contribution in [1.82, 2.24) is 9.88 Å². The molecule has 0 aliphatic heterocycles. The molecule has 1 heterocycles. The number of rotatable bonds is 3. The number of phenols is 1. The summed E-state index contributed by atoms with van der Waals surface area (Å²) in [6.45, 7) is 0.387. The Labute approximate surface area is 110 Å². The Kier molecular flexibility index (Phi) is 3.75. The molecule has 98 valence electrons. The summed E-state index contributed by atoms with van der Waals surface area (Å²) in [5, 5.41) is 9.18. The Morgan fingerprint density at radius 1 is 1.26 bits per heavy atom. The number of carbonyl (C=O) groups excluding carboxylic acids is 1. The van der Waals surface area contributed by atoms with Crippen LogP contribution in [-0.4, -0.2) is 27.9 Å². The van der Waals surface area contributed by atoms with Crippen molar-refractivity contribution < 1.29 is 14.3 Å². The fourth-order valence-corrected chi connectivity index (χ4v) is 1.64. The first-order valence-corrected chi connectivity index (χ1v) is 5.71. The van der Waals surface area contributed by atoms with Crippen LogP contribution in [0.1, 0.15) is 16.1 Å². The highest BCUT2D eigenvalue weighted by Crippen LogP contribution is 2.12. The summed E-state index contributed by atoms with van der Waals surface area (Å²) in [6.07, 6.45) is 1.02. The average molecular weight is 260 g/mol. The van der Waals surface area contributed by atoms with Crippen molar-refractivity contribution >= 4 is 5.91 Å². The van der Waals surface area contributed by atoms with Crippen molar-refractivity contribution in [3.05, 3.63) is 59.7 Å². The van der Waals surface area contributed by atoms with Gasteiger partial charge in [0, 0.05) is 13.6 Å². The van der Waals surface area contributed by atoms with Crippen molar-refractivity contribution in [1.29, 1.82) is 0 Å². The number of carbonyl (C=O) groups is 1. The van der Waals surface area contributed by atoms with Crippen molar-refractivity contribution in [3.63, 3.8) is 0 Å². The molecule has 0 aliphatic carbocycles. The van der Waals surface area contributed by atoms with Gasteiger partial charge in [-0.1, -0.05) is 12.1 Å². The Hall–Kier alpha value is -2.43. The lowest BCUT2D eigenvalue weighted by Gasteiger charge is -2.16. The standard InChI is InChI=1S/C14H13FN2O2/c1-17(9-10-2-5-12(18)6-3-10)14(19)13-7-4-11(15)8-16-13/h2-8,18H,9H2,1H3. The number of hydrogen-bond acceptors (Lipinski definition) is 3. The maximum Gasteiger partial charge on any atom is 0.272 e. The van der Waals surface area contributed by atoms with Crippen LogP contribution in [0.3, 0.4) is 0 Å². The highest BCUT2D eigenvalue weighted by Gasteiger charge is 2.13. The van der Waals surface area contributed by atoms with Gasteiger partial charge >= 0.3 is 0 Å². The summed E-state index contributed by atoms with van der Waals surface area (Å²) < 4.78 is 12.7. The molecule has 2 rings (SSSR count). The highest BCUT2D eigenvalue weighted by atomic mass is 19.1. The van der Waals surface area contributed by atoms with Gasteiger partial charge in [0.1, 0.15) is 17.3 Å². The van der Waals surface area contributed by atoms with Gasteiger partial charge in [0.2, 0.25) is 0 Å². The first-order chi connectivity index (χ1) is 9.06. The number of halogens is 1. The molecule has 0 bridgehead atoms. The third-order valence-corrected chi connectivity index (χ3v) is 2.65. The lowest BCUT2D eigenvalue weighted by atomic mass is 10.2. The number of hydrogen-bond donors (Lipinski definition) is 1. The third-order valence-electron chi connectivity index (χ3n) is 2.65. The number of benzene rings is 1. The molecule has 0 spiro atoms. The van der Waals surface area contributed by atoms with Crippen LogP contribution < -0.4 is 0 Å². The third kappa shape index (κ3) is 3.28. The predicted octanol–water partition coefficient (Wildman–Crippen LogP) is 2.20. The molecule has 19 heavy (non-hydrogen) atoms. The molecule has 0 fully saturated rings. The number of aromatic hydroxyl groups is 1. The molecular formula is C14H13FN2O2. The smallest absolute Gasteiger partial charge is 0.272 e. The van der Waals surface area contributed by atoms with Crippen molar-refractivity contribution in [2.75, 3.05) is 7.05 Å².